The molecule has 114 valence electrons. The summed E-state index contributed by atoms with van der Waals surface area (Å²) in [6, 6.07) is 16.3. The molecule has 3 aromatic rings. The summed E-state index contributed by atoms with van der Waals surface area (Å²) in [5, 5.41) is 0. The average Bonchev–Trinajstić information content (AvgIpc) is 2.95. The number of nitrogens with zero attached hydrogens (tertiary/aromatic N) is 3. The molecule has 1 amide bonds. The van der Waals surface area contributed by atoms with E-state index in [0.29, 0.717) is 6.42 Å². The highest BCUT2D eigenvalue weighted by atomic mass is 16.2. The second kappa shape index (κ2) is 4.22. The van der Waals surface area contributed by atoms with E-state index in [1.165, 1.54) is 0 Å². The van der Waals surface area contributed by atoms with Crippen molar-refractivity contribution in [2.24, 2.45) is 0 Å². The van der Waals surface area contributed by atoms with Crippen molar-refractivity contribution in [3.05, 3.63) is 48.5 Å². The van der Waals surface area contributed by atoms with Gasteiger partial charge in [0, 0.05) is 12.0 Å². The Labute approximate surface area is 134 Å². The fourth-order valence-electron chi connectivity index (χ4n) is 4.22. The minimum atomic E-state index is -0.380. The fraction of sp³-hybridized carbons (Fsp3) is 0.263. The van der Waals surface area contributed by atoms with Crippen molar-refractivity contribution in [1.29, 1.82) is 0 Å². The first-order valence-electron chi connectivity index (χ1n) is 8.10. The number of rotatable bonds is 0. The number of carbonyl (C=O) groups excluding carboxylic acids is 1. The molecule has 0 spiro atoms. The van der Waals surface area contributed by atoms with Crippen molar-refractivity contribution < 1.29 is 4.79 Å². The quantitative estimate of drug-likeness (QED) is 0.631. The first-order chi connectivity index (χ1) is 11.2. The van der Waals surface area contributed by atoms with Crippen LogP contribution in [0.4, 0.5) is 5.69 Å². The van der Waals surface area contributed by atoms with Crippen molar-refractivity contribution in [3.8, 4) is 11.4 Å². The Morgan fingerprint density at radius 2 is 1.87 bits per heavy atom. The Kier molecular flexibility index (Phi) is 2.36. The van der Waals surface area contributed by atoms with Crippen LogP contribution in [0.2, 0.25) is 0 Å². The summed E-state index contributed by atoms with van der Waals surface area (Å²) in [6.07, 6.45) is 2.48. The zero-order valence-electron chi connectivity index (χ0n) is 13.0. The molecule has 1 saturated heterocycles. The minimum absolute atomic E-state index is 0.203. The Morgan fingerprint density at radius 3 is 2.78 bits per heavy atom. The molecule has 1 fully saturated rings. The largest absolute Gasteiger partial charge is 0.300 e. The average molecular weight is 303 g/mol. The molecule has 4 heteroatoms. The molecule has 2 aliphatic rings. The molecular weight excluding hydrogens is 286 g/mol. The van der Waals surface area contributed by atoms with Gasteiger partial charge in [-0.3, -0.25) is 14.3 Å². The van der Waals surface area contributed by atoms with Gasteiger partial charge < -0.3 is 0 Å². The molecule has 0 saturated carbocycles. The highest BCUT2D eigenvalue weighted by Crippen LogP contribution is 2.48. The van der Waals surface area contributed by atoms with E-state index < -0.39 is 0 Å². The third kappa shape index (κ3) is 1.50. The summed E-state index contributed by atoms with van der Waals surface area (Å²) in [7, 11) is 0. The van der Waals surface area contributed by atoms with Gasteiger partial charge in [0.2, 0.25) is 5.91 Å². The van der Waals surface area contributed by atoms with Crippen LogP contribution in [0.5, 0.6) is 0 Å². The lowest BCUT2D eigenvalue weighted by atomic mass is 9.90. The standard InChI is InChI=1S/C19H17N3O/c1-19-12-6-11-17(23)21(19)15-9-4-2-7-13(15)18-20-14-8-3-5-10-16(14)22(18)19/h2-5,7-10H,6,11-12H2,1H3. The molecule has 2 aliphatic heterocycles. The Hall–Kier alpha value is -2.62. The Morgan fingerprint density at radius 1 is 1.09 bits per heavy atom. The van der Waals surface area contributed by atoms with Crippen molar-refractivity contribution >= 4 is 22.6 Å². The number of fused-ring (bicyclic) bond motifs is 8. The molecule has 0 aliphatic carbocycles. The summed E-state index contributed by atoms with van der Waals surface area (Å²) in [5.41, 5.74) is 3.73. The van der Waals surface area contributed by atoms with Gasteiger partial charge in [-0.05, 0) is 44.0 Å². The highest BCUT2D eigenvalue weighted by molar-refractivity contribution is 6.01. The molecule has 0 N–H and O–H groups in total. The van der Waals surface area contributed by atoms with Crippen molar-refractivity contribution in [3.63, 3.8) is 0 Å². The van der Waals surface area contributed by atoms with Gasteiger partial charge in [-0.1, -0.05) is 24.3 Å². The minimum Gasteiger partial charge on any atom is -0.300 e. The SMILES string of the molecule is CC12CCCC(=O)N1c1ccccc1-c1nc3ccccc3n12. The lowest BCUT2D eigenvalue weighted by molar-refractivity contribution is -0.122. The molecule has 0 radical (unpaired) electrons. The van der Waals surface area contributed by atoms with Crippen LogP contribution in [-0.2, 0) is 10.5 Å². The van der Waals surface area contributed by atoms with Gasteiger partial charge in [-0.15, -0.1) is 0 Å². The van der Waals surface area contributed by atoms with Crippen molar-refractivity contribution in [1.82, 2.24) is 9.55 Å². The maximum atomic E-state index is 12.8. The summed E-state index contributed by atoms with van der Waals surface area (Å²) in [5.74, 6) is 1.17. The zero-order valence-corrected chi connectivity index (χ0v) is 13.0. The predicted molar refractivity (Wildman–Crippen MR) is 90.2 cm³/mol. The number of carbonyl (C=O) groups is 1. The van der Waals surface area contributed by atoms with E-state index in [-0.39, 0.29) is 11.6 Å². The summed E-state index contributed by atoms with van der Waals surface area (Å²) in [4.78, 5) is 19.6. The molecule has 1 unspecified atom stereocenters. The van der Waals surface area contributed by atoms with Crippen LogP contribution in [0.1, 0.15) is 26.2 Å². The van der Waals surface area contributed by atoms with Crippen LogP contribution in [-0.4, -0.2) is 15.5 Å². The van der Waals surface area contributed by atoms with E-state index in [9.17, 15) is 4.79 Å². The maximum absolute atomic E-state index is 12.8. The normalized spacial score (nSPS) is 22.7. The molecule has 23 heavy (non-hydrogen) atoms. The molecule has 5 rings (SSSR count). The van der Waals surface area contributed by atoms with E-state index in [1.807, 2.05) is 41.3 Å². The summed E-state index contributed by atoms with van der Waals surface area (Å²) in [6.45, 7) is 2.16. The second-order valence-electron chi connectivity index (χ2n) is 6.58. The third-order valence-corrected chi connectivity index (χ3v) is 5.20. The van der Waals surface area contributed by atoms with Crippen LogP contribution in [0, 0.1) is 0 Å². The van der Waals surface area contributed by atoms with Gasteiger partial charge in [0.05, 0.1) is 16.7 Å². The molecular formula is C19H17N3O. The molecule has 0 bridgehead atoms. The number of hydrogen-bond donors (Lipinski definition) is 0. The van der Waals surface area contributed by atoms with Crippen LogP contribution in [0.3, 0.4) is 0 Å². The molecule has 3 heterocycles. The van der Waals surface area contributed by atoms with Gasteiger partial charge in [-0.2, -0.15) is 0 Å². The first-order valence-corrected chi connectivity index (χ1v) is 8.10. The van der Waals surface area contributed by atoms with Crippen LogP contribution >= 0.6 is 0 Å². The maximum Gasteiger partial charge on any atom is 0.228 e. The number of benzene rings is 2. The van der Waals surface area contributed by atoms with E-state index in [1.54, 1.807) is 0 Å². The number of piperidine rings is 1. The van der Waals surface area contributed by atoms with Gasteiger partial charge >= 0.3 is 0 Å². The van der Waals surface area contributed by atoms with Crippen LogP contribution in [0.15, 0.2) is 48.5 Å². The van der Waals surface area contributed by atoms with Gasteiger partial charge in [0.25, 0.3) is 0 Å². The fourth-order valence-corrected chi connectivity index (χ4v) is 4.22. The summed E-state index contributed by atoms with van der Waals surface area (Å²) >= 11 is 0. The highest BCUT2D eigenvalue weighted by Gasteiger charge is 2.47. The van der Waals surface area contributed by atoms with Crippen LogP contribution < -0.4 is 4.90 Å². The number of anilines is 1. The van der Waals surface area contributed by atoms with E-state index in [2.05, 4.69) is 23.6 Å². The zero-order chi connectivity index (χ0) is 15.6. The lowest BCUT2D eigenvalue weighted by Gasteiger charge is -2.49. The van der Waals surface area contributed by atoms with Gasteiger partial charge in [0.15, 0.2) is 0 Å². The van der Waals surface area contributed by atoms with Crippen molar-refractivity contribution in [2.75, 3.05) is 4.90 Å². The van der Waals surface area contributed by atoms with E-state index in [4.69, 9.17) is 4.98 Å². The molecule has 4 nitrogen and oxygen atoms in total. The number of imidazole rings is 1. The van der Waals surface area contributed by atoms with E-state index >= 15 is 0 Å². The molecule has 2 aromatic carbocycles. The van der Waals surface area contributed by atoms with Gasteiger partial charge in [-0.25, -0.2) is 4.98 Å². The lowest BCUT2D eigenvalue weighted by Crippen LogP contribution is -2.56. The molecule has 1 aromatic heterocycles. The third-order valence-electron chi connectivity index (χ3n) is 5.20. The van der Waals surface area contributed by atoms with Crippen LogP contribution in [0.25, 0.3) is 22.4 Å². The van der Waals surface area contributed by atoms with Crippen molar-refractivity contribution in [2.45, 2.75) is 31.8 Å². The number of aromatic nitrogens is 2. The smallest absolute Gasteiger partial charge is 0.228 e. The number of amides is 1. The molecule has 1 atom stereocenters. The number of para-hydroxylation sites is 3. The Balaban J connectivity index is 1.95. The van der Waals surface area contributed by atoms with Gasteiger partial charge in [0.1, 0.15) is 11.5 Å². The van der Waals surface area contributed by atoms with E-state index in [0.717, 1.165) is 41.0 Å². The topological polar surface area (TPSA) is 38.1 Å². The number of hydrogen-bond acceptors (Lipinski definition) is 2. The second-order valence-corrected chi connectivity index (χ2v) is 6.58. The first kappa shape index (κ1) is 12.9. The summed E-state index contributed by atoms with van der Waals surface area (Å²) < 4.78 is 2.27. The monoisotopic (exact) mass is 303 g/mol. The predicted octanol–water partition coefficient (Wildman–Crippen LogP) is 3.91. The Bertz CT molecular complexity index is 958.